The third kappa shape index (κ3) is 3.28. The molecule has 0 bridgehead atoms. The van der Waals surface area contributed by atoms with Crippen molar-refractivity contribution in [1.82, 2.24) is 0 Å². The number of carbonyl (C=O) groups is 2. The molecular formula is C15H14F4O3. The maximum atomic E-state index is 12.9. The lowest BCUT2D eigenvalue weighted by Crippen LogP contribution is -2.42. The predicted octanol–water partition coefficient (Wildman–Crippen LogP) is 3.24. The molecule has 0 aromatic heterocycles. The minimum atomic E-state index is -4.33. The van der Waals surface area contributed by atoms with E-state index in [2.05, 4.69) is 4.74 Å². The summed E-state index contributed by atoms with van der Waals surface area (Å²) in [5.74, 6) is -5.66. The van der Waals surface area contributed by atoms with E-state index < -0.39 is 41.5 Å². The van der Waals surface area contributed by atoms with Gasteiger partial charge in [0.25, 0.3) is 0 Å². The van der Waals surface area contributed by atoms with Crippen LogP contribution in [-0.2, 0) is 14.3 Å². The summed E-state index contributed by atoms with van der Waals surface area (Å²) in [7, 11) is 1.09. The van der Waals surface area contributed by atoms with Gasteiger partial charge in [0, 0.05) is 5.92 Å². The Kier molecular flexibility index (Phi) is 4.53. The number of hydrogen-bond acceptors (Lipinski definition) is 3. The molecule has 1 saturated carbocycles. The third-order valence-electron chi connectivity index (χ3n) is 3.93. The second-order valence-corrected chi connectivity index (χ2v) is 5.32. The minimum absolute atomic E-state index is 0.216. The van der Waals surface area contributed by atoms with Gasteiger partial charge in [-0.05, 0) is 30.5 Å². The molecule has 7 heteroatoms. The van der Waals surface area contributed by atoms with Gasteiger partial charge >= 0.3 is 12.1 Å². The van der Waals surface area contributed by atoms with Crippen LogP contribution in [-0.4, -0.2) is 25.0 Å². The summed E-state index contributed by atoms with van der Waals surface area (Å²) in [5, 5.41) is 0. The van der Waals surface area contributed by atoms with E-state index in [0.717, 1.165) is 19.2 Å². The van der Waals surface area contributed by atoms with Gasteiger partial charge < -0.3 is 4.74 Å². The van der Waals surface area contributed by atoms with Gasteiger partial charge in [-0.2, -0.15) is 13.2 Å². The summed E-state index contributed by atoms with van der Waals surface area (Å²) >= 11 is 0. The monoisotopic (exact) mass is 318 g/mol. The molecule has 3 nitrogen and oxygen atoms in total. The molecule has 1 aliphatic carbocycles. The number of ketones is 1. The Hall–Kier alpha value is -1.92. The summed E-state index contributed by atoms with van der Waals surface area (Å²) in [6.45, 7) is 0. The predicted molar refractivity (Wildman–Crippen MR) is 68.4 cm³/mol. The van der Waals surface area contributed by atoms with E-state index in [9.17, 15) is 27.2 Å². The maximum Gasteiger partial charge on any atom is 0.391 e. The van der Waals surface area contributed by atoms with Crippen LogP contribution in [0.2, 0.25) is 0 Å². The number of esters is 1. The molecule has 0 heterocycles. The third-order valence-corrected chi connectivity index (χ3v) is 3.93. The van der Waals surface area contributed by atoms with Gasteiger partial charge in [-0.1, -0.05) is 12.1 Å². The number of Topliss-reactive ketones (excluding diaryl/α,β-unsaturated/α-hetero) is 1. The zero-order valence-electron chi connectivity index (χ0n) is 11.7. The quantitative estimate of drug-likeness (QED) is 0.486. The van der Waals surface area contributed by atoms with Crippen LogP contribution in [0.3, 0.4) is 0 Å². The number of ether oxygens (including phenoxy) is 1. The largest absolute Gasteiger partial charge is 0.468 e. The van der Waals surface area contributed by atoms with Crippen LogP contribution in [0.15, 0.2) is 24.3 Å². The molecule has 1 aromatic rings. The van der Waals surface area contributed by atoms with Crippen LogP contribution in [0.4, 0.5) is 17.6 Å². The number of hydrogen-bond donors (Lipinski definition) is 0. The fraction of sp³-hybridized carbons (Fsp3) is 0.467. The van der Waals surface area contributed by atoms with Crippen molar-refractivity contribution in [3.8, 4) is 0 Å². The van der Waals surface area contributed by atoms with Gasteiger partial charge in [0.05, 0.1) is 13.0 Å². The van der Waals surface area contributed by atoms with Crippen molar-refractivity contribution in [2.24, 2.45) is 11.8 Å². The number of benzene rings is 1. The summed E-state index contributed by atoms with van der Waals surface area (Å²) < 4.78 is 54.9. The van der Waals surface area contributed by atoms with Crippen molar-refractivity contribution in [1.29, 1.82) is 0 Å². The molecular weight excluding hydrogens is 304 g/mol. The van der Waals surface area contributed by atoms with E-state index in [1.165, 1.54) is 12.1 Å². The van der Waals surface area contributed by atoms with Crippen LogP contribution >= 0.6 is 0 Å². The van der Waals surface area contributed by atoms with Gasteiger partial charge in [0.2, 0.25) is 0 Å². The summed E-state index contributed by atoms with van der Waals surface area (Å²) in [4.78, 5) is 24.1. The van der Waals surface area contributed by atoms with Crippen molar-refractivity contribution in [3.63, 3.8) is 0 Å². The molecule has 0 aliphatic heterocycles. The second kappa shape index (κ2) is 6.06. The Morgan fingerprint density at radius 1 is 1.18 bits per heavy atom. The summed E-state index contributed by atoms with van der Waals surface area (Å²) in [5.41, 5.74) is 0.216. The Morgan fingerprint density at radius 2 is 1.73 bits per heavy atom. The van der Waals surface area contributed by atoms with E-state index >= 15 is 0 Å². The van der Waals surface area contributed by atoms with Crippen LogP contribution in [0.1, 0.15) is 24.3 Å². The van der Waals surface area contributed by atoms with Crippen LogP contribution < -0.4 is 0 Å². The minimum Gasteiger partial charge on any atom is -0.468 e. The average Bonchev–Trinajstić information content (AvgIpc) is 2.37. The lowest BCUT2D eigenvalue weighted by molar-refractivity contribution is -0.204. The van der Waals surface area contributed by atoms with Crippen molar-refractivity contribution in [3.05, 3.63) is 35.6 Å². The topological polar surface area (TPSA) is 43.4 Å². The lowest BCUT2D eigenvalue weighted by Gasteiger charge is -2.36. The van der Waals surface area contributed by atoms with E-state index in [4.69, 9.17) is 0 Å². The first-order chi connectivity index (χ1) is 10.2. The molecule has 1 atom stereocenters. The van der Waals surface area contributed by atoms with Gasteiger partial charge in [-0.25, -0.2) is 4.39 Å². The molecule has 120 valence electrons. The highest BCUT2D eigenvalue weighted by atomic mass is 19.4. The number of halogens is 4. The molecule has 0 N–H and O–H groups in total. The molecule has 0 spiro atoms. The number of alkyl halides is 3. The Balaban J connectivity index is 2.15. The van der Waals surface area contributed by atoms with Crippen molar-refractivity contribution in [2.45, 2.75) is 24.9 Å². The van der Waals surface area contributed by atoms with E-state index in [1.807, 2.05) is 0 Å². The highest BCUT2D eigenvalue weighted by Crippen LogP contribution is 2.46. The van der Waals surface area contributed by atoms with Gasteiger partial charge in [0.15, 0.2) is 5.78 Å². The molecule has 2 rings (SSSR count). The molecule has 1 aliphatic rings. The molecule has 1 unspecified atom stereocenters. The Labute approximate surface area is 124 Å². The van der Waals surface area contributed by atoms with E-state index in [-0.39, 0.29) is 18.4 Å². The number of carbonyl (C=O) groups excluding carboxylic acids is 2. The van der Waals surface area contributed by atoms with Gasteiger partial charge in [0.1, 0.15) is 11.7 Å². The zero-order valence-corrected chi connectivity index (χ0v) is 11.7. The molecule has 0 saturated heterocycles. The maximum absolute atomic E-state index is 12.9. The van der Waals surface area contributed by atoms with Crippen molar-refractivity contribution in [2.75, 3.05) is 7.11 Å². The van der Waals surface area contributed by atoms with Crippen LogP contribution in [0.25, 0.3) is 0 Å². The Morgan fingerprint density at radius 3 is 2.18 bits per heavy atom. The summed E-state index contributed by atoms with van der Waals surface area (Å²) in [6, 6.07) is 4.68. The van der Waals surface area contributed by atoms with Crippen molar-refractivity contribution < 1.29 is 31.9 Å². The fourth-order valence-corrected chi connectivity index (χ4v) is 2.54. The molecule has 0 amide bonds. The second-order valence-electron chi connectivity index (χ2n) is 5.32. The SMILES string of the molecule is COC(=O)C(C(=O)C1CC(C(F)(F)F)C1)c1ccc(F)cc1. The highest BCUT2D eigenvalue weighted by molar-refractivity contribution is 6.05. The number of rotatable bonds is 4. The first kappa shape index (κ1) is 16.5. The average molecular weight is 318 g/mol. The molecule has 22 heavy (non-hydrogen) atoms. The van der Waals surface area contributed by atoms with Gasteiger partial charge in [-0.3, -0.25) is 9.59 Å². The lowest BCUT2D eigenvalue weighted by atomic mass is 9.69. The zero-order chi connectivity index (χ0) is 16.5. The molecule has 1 fully saturated rings. The highest BCUT2D eigenvalue weighted by Gasteiger charge is 2.51. The van der Waals surface area contributed by atoms with E-state index in [1.54, 1.807) is 0 Å². The molecule has 0 radical (unpaired) electrons. The first-order valence-corrected chi connectivity index (χ1v) is 6.67. The smallest absolute Gasteiger partial charge is 0.391 e. The van der Waals surface area contributed by atoms with E-state index in [0.29, 0.717) is 0 Å². The fourth-order valence-electron chi connectivity index (χ4n) is 2.54. The van der Waals surface area contributed by atoms with Crippen LogP contribution in [0.5, 0.6) is 0 Å². The van der Waals surface area contributed by atoms with Crippen molar-refractivity contribution >= 4 is 11.8 Å². The standard InChI is InChI=1S/C15H14F4O3/c1-22-14(21)12(8-2-4-11(16)5-3-8)13(20)9-6-10(7-9)15(17,18)19/h2-5,9-10,12H,6-7H2,1H3. The Bertz CT molecular complexity index is 559. The normalized spacial score (nSPS) is 22.6. The number of methoxy groups -OCH3 is 1. The van der Waals surface area contributed by atoms with Crippen LogP contribution in [0, 0.1) is 17.7 Å². The molecule has 1 aromatic carbocycles. The van der Waals surface area contributed by atoms with Gasteiger partial charge in [-0.15, -0.1) is 0 Å². The summed E-state index contributed by atoms with van der Waals surface area (Å²) in [6.07, 6.45) is -4.97. The first-order valence-electron chi connectivity index (χ1n) is 6.67.